The Bertz CT molecular complexity index is 4240. The van der Waals surface area contributed by atoms with E-state index < -0.39 is 0 Å². The van der Waals surface area contributed by atoms with Crippen LogP contribution in [0.2, 0.25) is 0 Å². The van der Waals surface area contributed by atoms with E-state index in [1.165, 1.54) is 48.7 Å². The van der Waals surface area contributed by atoms with E-state index in [0.717, 1.165) is 83.5 Å². The highest BCUT2D eigenvalue weighted by molar-refractivity contribution is 6.24. The Morgan fingerprint density at radius 2 is 1.01 bits per heavy atom. The summed E-state index contributed by atoms with van der Waals surface area (Å²) >= 11 is 0. The molecule has 10 aromatic carbocycles. The van der Waals surface area contributed by atoms with Crippen molar-refractivity contribution in [2.45, 2.75) is 13.3 Å². The summed E-state index contributed by atoms with van der Waals surface area (Å²) in [7, 11) is 0. The highest BCUT2D eigenvalue weighted by Gasteiger charge is 2.26. The average Bonchev–Trinajstić information content (AvgIpc) is 3.99. The van der Waals surface area contributed by atoms with E-state index in [1.54, 1.807) is 0 Å². The minimum atomic E-state index is 0.563. The monoisotopic (exact) mass is 856 g/mol. The van der Waals surface area contributed by atoms with Crippen LogP contribution in [-0.4, -0.2) is 20.8 Å². The average molecular weight is 857 g/mol. The maximum atomic E-state index is 6.74. The lowest BCUT2D eigenvalue weighted by molar-refractivity contribution is 0.668. The van der Waals surface area contributed by atoms with E-state index in [2.05, 4.69) is 222 Å². The number of aliphatic imine (C=N–C) groups is 2. The quantitative estimate of drug-likeness (QED) is 0.174. The van der Waals surface area contributed by atoms with Crippen molar-refractivity contribution in [3.8, 4) is 16.8 Å². The van der Waals surface area contributed by atoms with Crippen LogP contribution in [0, 0.1) is 0 Å². The zero-order chi connectivity index (χ0) is 44.2. The number of furan rings is 1. The second kappa shape index (κ2) is 14.6. The van der Waals surface area contributed by atoms with Crippen LogP contribution in [0.1, 0.15) is 24.5 Å². The molecule has 0 amide bonds. The first-order valence-electron chi connectivity index (χ1n) is 22.9. The second-order valence-corrected chi connectivity index (χ2v) is 17.8. The Morgan fingerprint density at radius 3 is 1.78 bits per heavy atom. The van der Waals surface area contributed by atoms with Crippen LogP contribution < -0.4 is 0 Å². The fraction of sp³-hybridized carbons (Fsp3) is 0.0323. The smallest absolute Gasteiger partial charge is 0.161 e. The summed E-state index contributed by atoms with van der Waals surface area (Å²) in [5.74, 6) is 1.56. The van der Waals surface area contributed by atoms with Crippen molar-refractivity contribution >= 4 is 104 Å². The summed E-state index contributed by atoms with van der Waals surface area (Å²) in [6.45, 7) is 2.23. The zero-order valence-electron chi connectivity index (χ0n) is 36.6. The molecule has 4 heterocycles. The Labute approximate surface area is 385 Å². The molecule has 3 aromatic heterocycles. The minimum Gasteiger partial charge on any atom is -0.456 e. The molecule has 5 heteroatoms. The van der Waals surface area contributed by atoms with Gasteiger partial charge in [0.2, 0.25) is 0 Å². The lowest BCUT2D eigenvalue weighted by atomic mass is 10.00. The SMILES string of the molecule is CC1=C(c2cc3oc4ccccc4c3cc2-n2c3cc4ccccc4cc3c3c4ccccc4ccc32)N=C(c2ccc(-c3ccccc3)cc2)N=C(n2c3ccccc3c3ccccc32)C1. The molecule has 0 saturated carbocycles. The highest BCUT2D eigenvalue weighted by atomic mass is 16.3. The van der Waals surface area contributed by atoms with Gasteiger partial charge in [-0.3, -0.25) is 4.57 Å². The molecule has 14 rings (SSSR count). The minimum absolute atomic E-state index is 0.563. The second-order valence-electron chi connectivity index (χ2n) is 17.8. The molecule has 0 atom stereocenters. The van der Waals surface area contributed by atoms with E-state index in [1.807, 2.05) is 6.07 Å². The fourth-order valence-electron chi connectivity index (χ4n) is 10.8. The van der Waals surface area contributed by atoms with Crippen molar-refractivity contribution in [2.24, 2.45) is 9.98 Å². The molecular weight excluding hydrogens is 817 g/mol. The zero-order valence-corrected chi connectivity index (χ0v) is 36.6. The maximum Gasteiger partial charge on any atom is 0.161 e. The Balaban J connectivity index is 1.08. The van der Waals surface area contributed by atoms with Crippen molar-refractivity contribution < 1.29 is 4.42 Å². The van der Waals surface area contributed by atoms with Crippen LogP contribution in [0.15, 0.2) is 232 Å². The van der Waals surface area contributed by atoms with Gasteiger partial charge in [-0.2, -0.15) is 0 Å². The third kappa shape index (κ3) is 5.81. The van der Waals surface area contributed by atoms with Gasteiger partial charge in [0.15, 0.2) is 5.84 Å². The van der Waals surface area contributed by atoms with Gasteiger partial charge in [0.1, 0.15) is 17.0 Å². The molecular formula is C62H40N4O. The van der Waals surface area contributed by atoms with Gasteiger partial charge < -0.3 is 8.98 Å². The van der Waals surface area contributed by atoms with Crippen LogP contribution in [0.5, 0.6) is 0 Å². The van der Waals surface area contributed by atoms with Crippen LogP contribution >= 0.6 is 0 Å². The number of aromatic nitrogens is 2. The largest absolute Gasteiger partial charge is 0.456 e. The van der Waals surface area contributed by atoms with E-state index in [-0.39, 0.29) is 0 Å². The van der Waals surface area contributed by atoms with E-state index in [4.69, 9.17) is 14.4 Å². The van der Waals surface area contributed by atoms with Crippen molar-refractivity contribution in [2.75, 3.05) is 0 Å². The molecule has 1 aliphatic rings. The number of hydrogen-bond acceptors (Lipinski definition) is 3. The lowest BCUT2D eigenvalue weighted by Gasteiger charge is -2.17. The van der Waals surface area contributed by atoms with E-state index in [9.17, 15) is 0 Å². The van der Waals surface area contributed by atoms with Gasteiger partial charge in [0, 0.05) is 49.9 Å². The molecule has 0 aliphatic carbocycles. The van der Waals surface area contributed by atoms with Crippen molar-refractivity contribution in [3.05, 3.63) is 229 Å². The van der Waals surface area contributed by atoms with E-state index >= 15 is 0 Å². The number of benzene rings is 10. The molecule has 0 saturated heterocycles. The van der Waals surface area contributed by atoms with Crippen LogP contribution in [-0.2, 0) is 0 Å². The molecule has 0 fully saturated rings. The van der Waals surface area contributed by atoms with Gasteiger partial charge in [-0.1, -0.05) is 164 Å². The molecule has 67 heavy (non-hydrogen) atoms. The van der Waals surface area contributed by atoms with Gasteiger partial charge in [0.05, 0.1) is 33.5 Å². The van der Waals surface area contributed by atoms with Gasteiger partial charge in [-0.05, 0) is 93.7 Å². The van der Waals surface area contributed by atoms with Crippen LogP contribution in [0.25, 0.3) is 110 Å². The first-order valence-corrected chi connectivity index (χ1v) is 22.9. The molecule has 0 N–H and O–H groups in total. The van der Waals surface area contributed by atoms with Crippen molar-refractivity contribution in [1.29, 1.82) is 0 Å². The summed E-state index contributed by atoms with van der Waals surface area (Å²) < 4.78 is 11.6. The number of para-hydroxylation sites is 3. The van der Waals surface area contributed by atoms with Gasteiger partial charge in [0.25, 0.3) is 0 Å². The molecule has 1 aliphatic heterocycles. The molecule has 0 radical (unpaired) electrons. The molecule has 13 aromatic rings. The van der Waals surface area contributed by atoms with Gasteiger partial charge in [-0.25, -0.2) is 9.98 Å². The normalized spacial score (nSPS) is 13.5. The molecule has 0 bridgehead atoms. The third-order valence-corrected chi connectivity index (χ3v) is 13.9. The Kier molecular flexibility index (Phi) is 8.19. The number of amidine groups is 1. The third-order valence-electron chi connectivity index (χ3n) is 13.9. The topological polar surface area (TPSA) is 47.7 Å². The van der Waals surface area contributed by atoms with Crippen molar-refractivity contribution in [1.82, 2.24) is 9.13 Å². The lowest BCUT2D eigenvalue weighted by Crippen LogP contribution is -2.14. The molecule has 0 unspecified atom stereocenters. The predicted molar refractivity (Wildman–Crippen MR) is 281 cm³/mol. The van der Waals surface area contributed by atoms with Crippen LogP contribution in [0.4, 0.5) is 0 Å². The molecule has 314 valence electrons. The van der Waals surface area contributed by atoms with Crippen LogP contribution in [0.3, 0.4) is 0 Å². The Morgan fingerprint density at radius 1 is 0.403 bits per heavy atom. The van der Waals surface area contributed by atoms with Gasteiger partial charge >= 0.3 is 0 Å². The number of hydrogen-bond donors (Lipinski definition) is 0. The molecule has 0 spiro atoms. The molecule has 5 nitrogen and oxygen atoms in total. The fourth-order valence-corrected chi connectivity index (χ4v) is 10.8. The first kappa shape index (κ1) is 37.6. The maximum absolute atomic E-state index is 6.74. The predicted octanol–water partition coefficient (Wildman–Crippen LogP) is 16.3. The van der Waals surface area contributed by atoms with E-state index in [0.29, 0.717) is 12.3 Å². The standard InChI is InChI=1S/C62H40N4O/c1-38-33-59(66-52-24-12-9-21-46(52)47-22-10-13-25-53(47)66)63-62(42-29-27-40(28-30-42)39-15-3-2-4-16-39)64-61(38)51-37-58-49(48-23-11-14-26-57(48)67-58)36-56(51)65-54-32-31-41-17-7-8-20-45(41)60(54)50-34-43-18-5-6-19-44(43)35-55(50)65/h2-32,34-37H,33H2,1H3. The first-order chi connectivity index (χ1) is 33.1. The number of fused-ring (bicyclic) bond motifs is 12. The highest BCUT2D eigenvalue weighted by Crippen LogP contribution is 2.44. The summed E-state index contributed by atoms with van der Waals surface area (Å²) in [5.41, 5.74) is 13.4. The number of allylic oxidation sites excluding steroid dienone is 1. The summed E-state index contributed by atoms with van der Waals surface area (Å²) in [4.78, 5) is 11.4. The Hall–Kier alpha value is -8.80. The summed E-state index contributed by atoms with van der Waals surface area (Å²) in [5, 5.41) is 11.8. The number of nitrogens with zero attached hydrogens (tertiary/aromatic N) is 4. The van der Waals surface area contributed by atoms with Gasteiger partial charge in [-0.15, -0.1) is 0 Å². The van der Waals surface area contributed by atoms with Crippen molar-refractivity contribution in [3.63, 3.8) is 0 Å². The number of rotatable bonds is 4. The summed E-state index contributed by atoms with van der Waals surface area (Å²) in [6, 6.07) is 76.2. The summed E-state index contributed by atoms with van der Waals surface area (Å²) in [6.07, 6.45) is 0.563.